The zero-order valence-corrected chi connectivity index (χ0v) is 13.3. The number of aryl methyl sites for hydroxylation is 1. The summed E-state index contributed by atoms with van der Waals surface area (Å²) in [6.07, 6.45) is 0. The summed E-state index contributed by atoms with van der Waals surface area (Å²) in [6.45, 7) is 6.73. The molecule has 0 saturated carbocycles. The van der Waals surface area contributed by atoms with Gasteiger partial charge in [0.1, 0.15) is 6.61 Å². The molecule has 0 fully saturated rings. The second-order valence-corrected chi connectivity index (χ2v) is 5.79. The number of aliphatic hydroxyl groups excluding tert-OH is 1. The molecule has 0 aliphatic carbocycles. The van der Waals surface area contributed by atoms with E-state index in [1.165, 1.54) is 4.88 Å². The Morgan fingerprint density at radius 3 is 2.86 bits per heavy atom. The summed E-state index contributed by atoms with van der Waals surface area (Å²) in [7, 11) is 0. The third-order valence-electron chi connectivity index (χ3n) is 3.19. The van der Waals surface area contributed by atoms with E-state index in [1.807, 2.05) is 19.1 Å². The van der Waals surface area contributed by atoms with E-state index in [0.29, 0.717) is 0 Å². The molecule has 2 rings (SSSR count). The van der Waals surface area contributed by atoms with Crippen LogP contribution >= 0.6 is 11.3 Å². The SMILES string of the molecule is CCN(Cc1cccc(C)n1)Cc1sccc1C#CCO. The molecule has 4 heteroatoms. The van der Waals surface area contributed by atoms with E-state index in [0.717, 1.165) is 36.6 Å². The molecule has 110 valence electrons. The number of rotatable bonds is 5. The Labute approximate surface area is 130 Å². The highest BCUT2D eigenvalue weighted by molar-refractivity contribution is 7.10. The average Bonchev–Trinajstić information content (AvgIpc) is 2.91. The Bertz CT molecular complexity index is 639. The van der Waals surface area contributed by atoms with Gasteiger partial charge in [-0.15, -0.1) is 11.3 Å². The predicted octanol–water partition coefficient (Wildman–Crippen LogP) is 2.82. The second kappa shape index (κ2) is 7.94. The molecule has 2 heterocycles. The van der Waals surface area contributed by atoms with Gasteiger partial charge in [-0.2, -0.15) is 0 Å². The van der Waals surface area contributed by atoms with Crippen LogP contribution in [-0.2, 0) is 13.1 Å². The Morgan fingerprint density at radius 2 is 2.14 bits per heavy atom. The maximum absolute atomic E-state index is 8.82. The molecule has 21 heavy (non-hydrogen) atoms. The predicted molar refractivity (Wildman–Crippen MR) is 87.0 cm³/mol. The van der Waals surface area contributed by atoms with E-state index in [4.69, 9.17) is 5.11 Å². The molecule has 0 unspecified atom stereocenters. The van der Waals surface area contributed by atoms with Crippen LogP contribution < -0.4 is 0 Å². The topological polar surface area (TPSA) is 36.4 Å². The van der Waals surface area contributed by atoms with E-state index in [-0.39, 0.29) is 6.61 Å². The molecule has 2 aromatic rings. The van der Waals surface area contributed by atoms with Gasteiger partial charge in [-0.1, -0.05) is 24.8 Å². The van der Waals surface area contributed by atoms with Gasteiger partial charge < -0.3 is 5.11 Å². The minimum absolute atomic E-state index is 0.0972. The summed E-state index contributed by atoms with van der Waals surface area (Å²) in [6, 6.07) is 8.15. The van der Waals surface area contributed by atoms with Gasteiger partial charge in [0, 0.05) is 29.2 Å². The molecule has 0 atom stereocenters. The van der Waals surface area contributed by atoms with Crippen molar-refractivity contribution in [3.8, 4) is 11.8 Å². The summed E-state index contributed by atoms with van der Waals surface area (Å²) < 4.78 is 0. The van der Waals surface area contributed by atoms with Crippen molar-refractivity contribution in [2.75, 3.05) is 13.2 Å². The molecule has 0 aromatic carbocycles. The molecule has 0 radical (unpaired) electrons. The molecule has 2 aromatic heterocycles. The van der Waals surface area contributed by atoms with Crippen LogP contribution in [0.1, 0.15) is 28.8 Å². The van der Waals surface area contributed by atoms with E-state index in [2.05, 4.69) is 46.2 Å². The fourth-order valence-electron chi connectivity index (χ4n) is 2.11. The number of pyridine rings is 1. The molecular formula is C17H20N2OS. The normalized spacial score (nSPS) is 10.5. The number of thiophene rings is 1. The van der Waals surface area contributed by atoms with E-state index in [9.17, 15) is 0 Å². The summed E-state index contributed by atoms with van der Waals surface area (Å²) in [5, 5.41) is 10.9. The van der Waals surface area contributed by atoms with Crippen LogP contribution in [0.25, 0.3) is 0 Å². The number of hydrogen-bond donors (Lipinski definition) is 1. The zero-order valence-electron chi connectivity index (χ0n) is 12.5. The lowest BCUT2D eigenvalue weighted by atomic mass is 10.2. The smallest absolute Gasteiger partial charge is 0.104 e. The lowest BCUT2D eigenvalue weighted by Crippen LogP contribution is -2.22. The number of hydrogen-bond acceptors (Lipinski definition) is 4. The van der Waals surface area contributed by atoms with Crippen LogP contribution in [0.5, 0.6) is 0 Å². The Balaban J connectivity index is 2.07. The van der Waals surface area contributed by atoms with Gasteiger partial charge in [-0.05, 0) is 37.0 Å². The van der Waals surface area contributed by atoms with Gasteiger partial charge in [-0.3, -0.25) is 9.88 Å². The standard InChI is InChI=1S/C17H20N2OS/c1-3-19(12-16-8-4-6-14(2)18-16)13-17-15(7-5-10-20)9-11-21-17/h4,6,8-9,11,20H,3,10,12-13H2,1-2H3. The Morgan fingerprint density at radius 1 is 1.29 bits per heavy atom. The van der Waals surface area contributed by atoms with Crippen molar-refractivity contribution in [3.05, 3.63) is 51.5 Å². The fraction of sp³-hybridized carbons (Fsp3) is 0.353. The largest absolute Gasteiger partial charge is 0.384 e. The third kappa shape index (κ3) is 4.68. The van der Waals surface area contributed by atoms with Crippen LogP contribution in [-0.4, -0.2) is 28.1 Å². The van der Waals surface area contributed by atoms with Gasteiger partial charge in [0.2, 0.25) is 0 Å². The van der Waals surface area contributed by atoms with E-state index < -0.39 is 0 Å². The lowest BCUT2D eigenvalue weighted by Gasteiger charge is -2.19. The summed E-state index contributed by atoms with van der Waals surface area (Å²) in [4.78, 5) is 8.15. The number of aromatic nitrogens is 1. The number of aliphatic hydroxyl groups is 1. The quantitative estimate of drug-likeness (QED) is 0.863. The molecule has 1 N–H and O–H groups in total. The van der Waals surface area contributed by atoms with Crippen molar-refractivity contribution < 1.29 is 5.11 Å². The van der Waals surface area contributed by atoms with Crippen molar-refractivity contribution in [3.63, 3.8) is 0 Å². The maximum Gasteiger partial charge on any atom is 0.104 e. The van der Waals surface area contributed by atoms with Crippen molar-refractivity contribution in [2.45, 2.75) is 26.9 Å². The second-order valence-electron chi connectivity index (χ2n) is 4.79. The van der Waals surface area contributed by atoms with Gasteiger partial charge in [-0.25, -0.2) is 0 Å². The van der Waals surface area contributed by atoms with Crippen molar-refractivity contribution >= 4 is 11.3 Å². The summed E-state index contributed by atoms with van der Waals surface area (Å²) >= 11 is 1.71. The summed E-state index contributed by atoms with van der Waals surface area (Å²) in [5.74, 6) is 5.73. The molecule has 3 nitrogen and oxygen atoms in total. The first-order chi connectivity index (χ1) is 10.2. The average molecular weight is 300 g/mol. The van der Waals surface area contributed by atoms with Crippen LogP contribution in [0.15, 0.2) is 29.6 Å². The fourth-order valence-corrected chi connectivity index (χ4v) is 2.98. The highest BCUT2D eigenvalue weighted by atomic mass is 32.1. The molecular weight excluding hydrogens is 280 g/mol. The molecule has 0 spiro atoms. The molecule has 0 aliphatic heterocycles. The summed E-state index contributed by atoms with van der Waals surface area (Å²) in [5.41, 5.74) is 3.16. The first-order valence-electron chi connectivity index (χ1n) is 7.04. The molecule has 0 saturated heterocycles. The van der Waals surface area contributed by atoms with E-state index >= 15 is 0 Å². The third-order valence-corrected chi connectivity index (χ3v) is 4.10. The number of nitrogens with zero attached hydrogens (tertiary/aromatic N) is 2. The van der Waals surface area contributed by atoms with Crippen molar-refractivity contribution in [2.24, 2.45) is 0 Å². The van der Waals surface area contributed by atoms with Gasteiger partial charge in [0.05, 0.1) is 5.69 Å². The van der Waals surface area contributed by atoms with Crippen LogP contribution in [0.4, 0.5) is 0 Å². The minimum atomic E-state index is -0.0972. The van der Waals surface area contributed by atoms with Gasteiger partial charge >= 0.3 is 0 Å². The van der Waals surface area contributed by atoms with Crippen molar-refractivity contribution in [1.82, 2.24) is 9.88 Å². The zero-order chi connectivity index (χ0) is 15.1. The van der Waals surface area contributed by atoms with Gasteiger partial charge in [0.15, 0.2) is 0 Å². The molecule has 0 bridgehead atoms. The van der Waals surface area contributed by atoms with Gasteiger partial charge in [0.25, 0.3) is 0 Å². The first kappa shape index (κ1) is 15.7. The van der Waals surface area contributed by atoms with Crippen LogP contribution in [0.2, 0.25) is 0 Å². The Kier molecular flexibility index (Phi) is 5.94. The van der Waals surface area contributed by atoms with Crippen LogP contribution in [0, 0.1) is 18.8 Å². The highest BCUT2D eigenvalue weighted by Gasteiger charge is 2.09. The maximum atomic E-state index is 8.82. The van der Waals surface area contributed by atoms with Crippen LogP contribution in [0.3, 0.4) is 0 Å². The lowest BCUT2D eigenvalue weighted by molar-refractivity contribution is 0.270. The first-order valence-corrected chi connectivity index (χ1v) is 7.92. The molecule has 0 amide bonds. The molecule has 0 aliphatic rings. The minimum Gasteiger partial charge on any atom is -0.384 e. The Hall–Kier alpha value is -1.67. The monoisotopic (exact) mass is 300 g/mol. The highest BCUT2D eigenvalue weighted by Crippen LogP contribution is 2.19. The van der Waals surface area contributed by atoms with Crippen molar-refractivity contribution in [1.29, 1.82) is 0 Å². The van der Waals surface area contributed by atoms with E-state index in [1.54, 1.807) is 11.3 Å².